The fraction of sp³-hybridized carbons (Fsp3) is 0.343. The maximum absolute atomic E-state index is 14.7. The molecule has 0 bridgehead atoms. The second-order valence-corrected chi connectivity index (χ2v) is 12.2. The largest absolute Gasteiger partial charge is 0.333 e. The normalized spacial score (nSPS) is 15.1. The second kappa shape index (κ2) is 13.4. The molecular weight excluding hydrogens is 578 g/mol. The van der Waals surface area contributed by atoms with E-state index in [1.54, 1.807) is 22.8 Å². The zero-order valence-electron chi connectivity index (χ0n) is 25.8. The van der Waals surface area contributed by atoms with Gasteiger partial charge in [0, 0.05) is 42.2 Å². The number of alkyl halides is 2. The number of carbonyl (C=O) groups is 1. The van der Waals surface area contributed by atoms with Crippen molar-refractivity contribution in [1.82, 2.24) is 19.8 Å². The van der Waals surface area contributed by atoms with Gasteiger partial charge < -0.3 is 10.2 Å². The van der Waals surface area contributed by atoms with Gasteiger partial charge in [-0.1, -0.05) is 61.9 Å². The average Bonchev–Trinajstić information content (AvgIpc) is 3.51. The van der Waals surface area contributed by atoms with Crippen molar-refractivity contribution in [2.24, 2.45) is 0 Å². The molecule has 230 valence electrons. The number of halogens is 2. The van der Waals surface area contributed by atoms with Crippen molar-refractivity contribution in [1.29, 1.82) is 0 Å². The SMILES string of the molecule is CCc1cccc(CC)c1-n1c(C=C(C)C)c(C(=O)N2CCNC[C@@H]2C)cc(-c2nc(-c3ccc(C(F)F)cc3)cs2)c1=O. The fourth-order valence-electron chi connectivity index (χ4n) is 5.72. The Morgan fingerprint density at radius 2 is 1.80 bits per heavy atom. The lowest BCUT2D eigenvalue weighted by molar-refractivity contribution is 0.0654. The summed E-state index contributed by atoms with van der Waals surface area (Å²) in [6.07, 6.45) is 0.792. The third kappa shape index (κ3) is 6.16. The molecule has 44 heavy (non-hydrogen) atoms. The minimum atomic E-state index is -2.55. The van der Waals surface area contributed by atoms with Crippen LogP contribution in [0.15, 0.2) is 64.3 Å². The van der Waals surface area contributed by atoms with E-state index in [9.17, 15) is 18.4 Å². The fourth-order valence-corrected chi connectivity index (χ4v) is 6.56. The third-order valence-corrected chi connectivity index (χ3v) is 8.91. The van der Waals surface area contributed by atoms with Crippen LogP contribution in [-0.2, 0) is 12.8 Å². The minimum absolute atomic E-state index is 0.0172. The molecule has 4 aromatic rings. The quantitative estimate of drug-likeness (QED) is 0.222. The van der Waals surface area contributed by atoms with Gasteiger partial charge in [-0.05, 0) is 56.9 Å². The molecule has 6 nitrogen and oxygen atoms in total. The monoisotopic (exact) mass is 616 g/mol. The first kappa shape index (κ1) is 31.5. The van der Waals surface area contributed by atoms with Gasteiger partial charge in [0.05, 0.1) is 28.2 Å². The minimum Gasteiger partial charge on any atom is -0.333 e. The van der Waals surface area contributed by atoms with E-state index in [1.165, 1.54) is 23.5 Å². The van der Waals surface area contributed by atoms with E-state index in [1.807, 2.05) is 55.3 Å². The van der Waals surface area contributed by atoms with E-state index < -0.39 is 6.43 Å². The molecule has 5 rings (SSSR count). The summed E-state index contributed by atoms with van der Waals surface area (Å²) in [5, 5.41) is 5.63. The number of allylic oxidation sites excluding steroid dienone is 1. The summed E-state index contributed by atoms with van der Waals surface area (Å²) in [6.45, 7) is 12.0. The van der Waals surface area contributed by atoms with Crippen molar-refractivity contribution in [3.63, 3.8) is 0 Å². The number of hydrogen-bond acceptors (Lipinski definition) is 5. The first-order valence-corrected chi connectivity index (χ1v) is 15.9. The van der Waals surface area contributed by atoms with E-state index in [2.05, 4.69) is 19.2 Å². The Bertz CT molecular complexity index is 1730. The first-order valence-electron chi connectivity index (χ1n) is 15.1. The molecule has 1 aliphatic rings. The van der Waals surface area contributed by atoms with Crippen LogP contribution in [0.25, 0.3) is 33.6 Å². The van der Waals surface area contributed by atoms with Crippen molar-refractivity contribution in [3.05, 3.63) is 97.8 Å². The molecule has 2 aromatic heterocycles. The molecule has 0 aliphatic carbocycles. The van der Waals surface area contributed by atoms with Gasteiger partial charge in [-0.15, -0.1) is 11.3 Å². The number of amides is 1. The van der Waals surface area contributed by atoms with Crippen LogP contribution >= 0.6 is 11.3 Å². The average molecular weight is 617 g/mol. The highest BCUT2D eigenvalue weighted by Crippen LogP contribution is 2.32. The van der Waals surface area contributed by atoms with Crippen molar-refractivity contribution >= 4 is 23.3 Å². The van der Waals surface area contributed by atoms with Crippen LogP contribution in [0.2, 0.25) is 0 Å². The second-order valence-electron chi connectivity index (χ2n) is 11.4. The molecule has 0 saturated carbocycles. The highest BCUT2D eigenvalue weighted by Gasteiger charge is 2.30. The standard InChI is InChI=1S/C35H38F2N4O2S/c1-6-23-9-8-10-24(7-2)31(23)41-30(17-21(3)4)27(34(42)40-16-15-38-19-22(40)5)18-28(35(41)43)33-39-29(20-44-33)25-11-13-26(14-12-25)32(36)37/h8-14,17-18,20,22,32,38H,6-7,15-16,19H2,1-5H3/t22-/m0/s1. The molecule has 9 heteroatoms. The third-order valence-electron chi connectivity index (χ3n) is 8.04. The molecule has 1 N–H and O–H groups in total. The number of hydrogen-bond donors (Lipinski definition) is 1. The smallest absolute Gasteiger partial charge is 0.265 e. The summed E-state index contributed by atoms with van der Waals surface area (Å²) in [5.41, 5.74) is 6.06. The van der Waals surface area contributed by atoms with Crippen LogP contribution in [0.1, 0.15) is 73.8 Å². The van der Waals surface area contributed by atoms with E-state index in [0.717, 1.165) is 22.4 Å². The highest BCUT2D eigenvalue weighted by molar-refractivity contribution is 7.13. The van der Waals surface area contributed by atoms with Crippen LogP contribution in [0.5, 0.6) is 0 Å². The molecule has 0 unspecified atom stereocenters. The number of piperazine rings is 1. The number of thiazole rings is 1. The number of para-hydroxylation sites is 1. The van der Waals surface area contributed by atoms with Crippen molar-refractivity contribution < 1.29 is 13.6 Å². The molecule has 1 aliphatic heterocycles. The van der Waals surface area contributed by atoms with Crippen molar-refractivity contribution in [3.8, 4) is 27.5 Å². The number of carbonyl (C=O) groups excluding carboxylic acids is 1. The van der Waals surface area contributed by atoms with Crippen LogP contribution in [0.4, 0.5) is 8.78 Å². The number of nitrogens with zero attached hydrogens (tertiary/aromatic N) is 3. The molecule has 0 spiro atoms. The number of benzene rings is 2. The number of aryl methyl sites for hydroxylation is 2. The molecule has 1 saturated heterocycles. The molecule has 1 fully saturated rings. The van der Waals surface area contributed by atoms with Gasteiger partial charge in [0.25, 0.3) is 17.9 Å². The predicted molar refractivity (Wildman–Crippen MR) is 175 cm³/mol. The van der Waals surface area contributed by atoms with E-state index in [-0.39, 0.29) is 23.1 Å². The Morgan fingerprint density at radius 1 is 1.11 bits per heavy atom. The zero-order valence-corrected chi connectivity index (χ0v) is 26.6. The van der Waals surface area contributed by atoms with Crippen LogP contribution < -0.4 is 10.9 Å². The maximum Gasteiger partial charge on any atom is 0.265 e. The number of rotatable bonds is 8. The lowest BCUT2D eigenvalue weighted by Gasteiger charge is -2.34. The molecule has 3 heterocycles. The Labute approximate surface area is 261 Å². The molecular formula is C35H38F2N4O2S. The number of pyridine rings is 1. The summed E-state index contributed by atoms with van der Waals surface area (Å²) < 4.78 is 28.0. The summed E-state index contributed by atoms with van der Waals surface area (Å²) in [4.78, 5) is 35.7. The Morgan fingerprint density at radius 3 is 2.39 bits per heavy atom. The van der Waals surface area contributed by atoms with Gasteiger partial charge in [0.1, 0.15) is 5.01 Å². The van der Waals surface area contributed by atoms with Crippen molar-refractivity contribution in [2.75, 3.05) is 19.6 Å². The van der Waals surface area contributed by atoms with Gasteiger partial charge in [0.15, 0.2) is 0 Å². The number of aromatic nitrogens is 2. The molecule has 1 amide bonds. The Hall–Kier alpha value is -3.95. The van der Waals surface area contributed by atoms with Gasteiger partial charge in [-0.25, -0.2) is 13.8 Å². The Kier molecular flexibility index (Phi) is 9.56. The first-order chi connectivity index (χ1) is 21.1. The van der Waals surface area contributed by atoms with E-state index >= 15 is 0 Å². The Balaban J connectivity index is 1.79. The van der Waals surface area contributed by atoms with Crippen LogP contribution in [-0.4, -0.2) is 46.0 Å². The lowest BCUT2D eigenvalue weighted by atomic mass is 9.99. The zero-order chi connectivity index (χ0) is 31.5. The maximum atomic E-state index is 14.7. The topological polar surface area (TPSA) is 67.2 Å². The summed E-state index contributed by atoms with van der Waals surface area (Å²) >= 11 is 1.30. The van der Waals surface area contributed by atoms with E-state index in [4.69, 9.17) is 4.98 Å². The van der Waals surface area contributed by atoms with Crippen LogP contribution in [0, 0.1) is 0 Å². The molecule has 1 atom stereocenters. The van der Waals surface area contributed by atoms with Gasteiger partial charge in [-0.2, -0.15) is 0 Å². The van der Waals surface area contributed by atoms with Gasteiger partial charge >= 0.3 is 0 Å². The summed E-state index contributed by atoms with van der Waals surface area (Å²) in [7, 11) is 0. The highest BCUT2D eigenvalue weighted by atomic mass is 32.1. The molecule has 2 aromatic carbocycles. The van der Waals surface area contributed by atoms with E-state index in [0.29, 0.717) is 65.6 Å². The van der Waals surface area contributed by atoms with Gasteiger partial charge in [-0.3, -0.25) is 14.2 Å². The van der Waals surface area contributed by atoms with Gasteiger partial charge in [0.2, 0.25) is 0 Å². The molecule has 0 radical (unpaired) electrons. The number of nitrogens with one attached hydrogen (secondary N) is 1. The van der Waals surface area contributed by atoms with Crippen molar-refractivity contribution in [2.45, 2.75) is 59.9 Å². The lowest BCUT2D eigenvalue weighted by Crippen LogP contribution is -2.52. The summed E-state index contributed by atoms with van der Waals surface area (Å²) in [5.74, 6) is -0.132. The van der Waals surface area contributed by atoms with Crippen LogP contribution in [0.3, 0.4) is 0 Å². The summed E-state index contributed by atoms with van der Waals surface area (Å²) in [6, 6.07) is 13.8. The predicted octanol–water partition coefficient (Wildman–Crippen LogP) is 7.55.